The molecule has 0 N–H and O–H groups in total. The van der Waals surface area contributed by atoms with Gasteiger partial charge in [0, 0.05) is 0 Å². The quantitative estimate of drug-likeness (QED) is 0.540. The fraction of sp³-hybridized carbons (Fsp3) is 1.00. The van der Waals surface area contributed by atoms with Gasteiger partial charge in [-0.15, -0.1) is 0 Å². The van der Waals surface area contributed by atoms with E-state index in [4.69, 9.17) is 0 Å². The van der Waals surface area contributed by atoms with Crippen molar-refractivity contribution in [1.82, 2.24) is 0 Å². The summed E-state index contributed by atoms with van der Waals surface area (Å²) in [5.74, 6) is 0. The molecule has 0 aliphatic rings. The van der Waals surface area contributed by atoms with E-state index in [-0.39, 0.29) is 0 Å². The third-order valence-corrected chi connectivity index (χ3v) is 1.45. The van der Waals surface area contributed by atoms with Gasteiger partial charge in [0.2, 0.25) is 11.1 Å². The Hall–Kier alpha value is 0.120. The molecule has 0 aromatic carbocycles. The summed E-state index contributed by atoms with van der Waals surface area (Å²) in [4.78, 5) is 0. The van der Waals surface area contributed by atoms with Gasteiger partial charge in [-0.2, -0.15) is 26.3 Å². The summed E-state index contributed by atoms with van der Waals surface area (Å²) in [6, 6.07) is 0. The summed E-state index contributed by atoms with van der Waals surface area (Å²) < 4.78 is 72.3. The van der Waals surface area contributed by atoms with Crippen LogP contribution in [0, 0.1) is 0 Å². The van der Waals surface area contributed by atoms with E-state index in [0.717, 1.165) is 0 Å². The van der Waals surface area contributed by atoms with Crippen molar-refractivity contribution < 1.29 is 31.1 Å². The highest BCUT2D eigenvalue weighted by Crippen LogP contribution is 2.32. The van der Waals surface area contributed by atoms with Gasteiger partial charge in [0.1, 0.15) is 0 Å². The molecule has 0 amide bonds. The first-order chi connectivity index (χ1) is 5.55. The summed E-state index contributed by atoms with van der Waals surface area (Å²) >= 11 is 8.85. The molecule has 0 aliphatic heterocycles. The Balaban J connectivity index is 4.15. The molecule has 0 spiro atoms. The van der Waals surface area contributed by atoms with Crippen LogP contribution in [-0.2, 0) is 4.74 Å². The van der Waals surface area contributed by atoms with Gasteiger partial charge in [-0.1, -0.05) is 23.2 Å². The van der Waals surface area contributed by atoms with Gasteiger partial charge in [0.05, 0.1) is 0 Å². The molecule has 0 fully saturated rings. The van der Waals surface area contributed by atoms with E-state index in [0.29, 0.717) is 0 Å². The Morgan fingerprint density at radius 2 is 1.00 bits per heavy atom. The maximum absolute atomic E-state index is 11.5. The van der Waals surface area contributed by atoms with Crippen molar-refractivity contribution in [2.75, 3.05) is 0 Å². The van der Waals surface area contributed by atoms with Crippen LogP contribution < -0.4 is 0 Å². The van der Waals surface area contributed by atoms with Crippen LogP contribution >= 0.6 is 23.2 Å². The standard InChI is InChI=1S/C4H2Cl2F6O/c5-1(3(7,8)9)13-2(6)4(10,11)12/h1-2H. The van der Waals surface area contributed by atoms with E-state index in [1.165, 1.54) is 0 Å². The molecule has 0 radical (unpaired) electrons. The third-order valence-electron chi connectivity index (χ3n) is 0.754. The summed E-state index contributed by atoms with van der Waals surface area (Å²) in [5, 5.41) is 0. The highest BCUT2D eigenvalue weighted by molar-refractivity contribution is 6.22. The second-order valence-electron chi connectivity index (χ2n) is 1.85. The molecule has 2 unspecified atom stereocenters. The molecule has 0 aromatic heterocycles. The normalized spacial score (nSPS) is 18.5. The average molecular weight is 251 g/mol. The van der Waals surface area contributed by atoms with Gasteiger partial charge < -0.3 is 4.74 Å². The molecule has 0 saturated heterocycles. The van der Waals surface area contributed by atoms with Gasteiger partial charge in [-0.05, 0) is 0 Å². The maximum Gasteiger partial charge on any atom is 0.428 e. The minimum Gasteiger partial charge on any atom is -0.325 e. The van der Waals surface area contributed by atoms with Crippen molar-refractivity contribution in [3.63, 3.8) is 0 Å². The lowest BCUT2D eigenvalue weighted by Crippen LogP contribution is -2.35. The molecule has 0 rings (SSSR count). The summed E-state index contributed by atoms with van der Waals surface area (Å²) in [5.41, 5.74) is -6.15. The first-order valence-corrected chi connectivity index (χ1v) is 3.49. The van der Waals surface area contributed by atoms with Gasteiger partial charge in [0.25, 0.3) is 0 Å². The Bertz CT molecular complexity index is 147. The molecule has 13 heavy (non-hydrogen) atoms. The van der Waals surface area contributed by atoms with E-state index in [2.05, 4.69) is 27.9 Å². The van der Waals surface area contributed by atoms with Crippen LogP contribution in [0.25, 0.3) is 0 Å². The summed E-state index contributed by atoms with van der Waals surface area (Å²) in [6.45, 7) is 0. The van der Waals surface area contributed by atoms with E-state index >= 15 is 0 Å². The number of alkyl halides is 8. The molecule has 0 heterocycles. The van der Waals surface area contributed by atoms with Crippen LogP contribution in [0.4, 0.5) is 26.3 Å². The predicted molar refractivity (Wildman–Crippen MR) is 32.5 cm³/mol. The molecule has 1 nitrogen and oxygen atoms in total. The van der Waals surface area contributed by atoms with Crippen LogP contribution in [0.5, 0.6) is 0 Å². The van der Waals surface area contributed by atoms with E-state index in [1.54, 1.807) is 0 Å². The number of hydrogen-bond acceptors (Lipinski definition) is 1. The topological polar surface area (TPSA) is 9.23 Å². The van der Waals surface area contributed by atoms with Gasteiger partial charge in [-0.3, -0.25) is 0 Å². The van der Waals surface area contributed by atoms with Crippen LogP contribution in [-0.4, -0.2) is 23.5 Å². The minimum absolute atomic E-state index is 3.07. The van der Waals surface area contributed by atoms with Crippen molar-refractivity contribution >= 4 is 23.2 Å². The van der Waals surface area contributed by atoms with Crippen LogP contribution in [0.3, 0.4) is 0 Å². The second kappa shape index (κ2) is 4.10. The van der Waals surface area contributed by atoms with Crippen LogP contribution in [0.15, 0.2) is 0 Å². The fourth-order valence-electron chi connectivity index (χ4n) is 0.259. The minimum atomic E-state index is -5.08. The van der Waals surface area contributed by atoms with Gasteiger partial charge in [-0.25, -0.2) is 0 Å². The molecule has 2 atom stereocenters. The number of rotatable bonds is 2. The molecular formula is C4H2Cl2F6O. The lowest BCUT2D eigenvalue weighted by Gasteiger charge is -2.19. The Morgan fingerprint density at radius 1 is 0.769 bits per heavy atom. The molecule has 0 aromatic rings. The smallest absolute Gasteiger partial charge is 0.325 e. The van der Waals surface area contributed by atoms with Gasteiger partial charge >= 0.3 is 12.4 Å². The van der Waals surface area contributed by atoms with Crippen molar-refractivity contribution in [2.24, 2.45) is 0 Å². The number of hydrogen-bond donors (Lipinski definition) is 0. The maximum atomic E-state index is 11.5. The van der Waals surface area contributed by atoms with Crippen molar-refractivity contribution in [1.29, 1.82) is 0 Å². The molecule has 0 saturated carbocycles. The molecule has 80 valence electrons. The van der Waals surface area contributed by atoms with Crippen molar-refractivity contribution in [3.05, 3.63) is 0 Å². The van der Waals surface area contributed by atoms with Crippen molar-refractivity contribution in [3.8, 4) is 0 Å². The third kappa shape index (κ3) is 4.78. The Kier molecular flexibility index (Phi) is 4.14. The van der Waals surface area contributed by atoms with Crippen LogP contribution in [0.2, 0.25) is 0 Å². The lowest BCUT2D eigenvalue weighted by atomic mass is 10.6. The lowest BCUT2D eigenvalue weighted by molar-refractivity contribution is -0.245. The van der Waals surface area contributed by atoms with Crippen molar-refractivity contribution in [2.45, 2.75) is 23.5 Å². The second-order valence-corrected chi connectivity index (χ2v) is 2.64. The first-order valence-electron chi connectivity index (χ1n) is 2.62. The predicted octanol–water partition coefficient (Wildman–Crippen LogP) is 3.26. The van der Waals surface area contributed by atoms with Gasteiger partial charge in [0.15, 0.2) is 0 Å². The SMILES string of the molecule is FC(F)(F)C(Cl)OC(Cl)C(F)(F)F. The molecule has 0 bridgehead atoms. The fourth-order valence-corrected chi connectivity index (χ4v) is 0.518. The monoisotopic (exact) mass is 250 g/mol. The van der Waals surface area contributed by atoms with E-state index in [9.17, 15) is 26.3 Å². The zero-order valence-corrected chi connectivity index (χ0v) is 7.10. The summed E-state index contributed by atoms with van der Waals surface area (Å²) in [7, 11) is 0. The average Bonchev–Trinajstić information content (AvgIpc) is 1.82. The number of ether oxygens (including phenoxy) is 1. The van der Waals surface area contributed by atoms with Crippen LogP contribution in [0.1, 0.15) is 0 Å². The highest BCUT2D eigenvalue weighted by Gasteiger charge is 2.47. The largest absolute Gasteiger partial charge is 0.428 e. The zero-order chi connectivity index (χ0) is 10.9. The Labute approximate surface area is 78.5 Å². The molecular weight excluding hydrogens is 249 g/mol. The molecule has 0 aliphatic carbocycles. The van der Waals surface area contributed by atoms with E-state index in [1.807, 2.05) is 0 Å². The Morgan fingerprint density at radius 3 is 1.15 bits per heavy atom. The first kappa shape index (κ1) is 13.1. The molecule has 9 heteroatoms. The summed E-state index contributed by atoms with van der Waals surface area (Å²) in [6.07, 6.45) is -10.2. The zero-order valence-electron chi connectivity index (χ0n) is 5.59. The number of halogens is 8. The highest BCUT2D eigenvalue weighted by atomic mass is 35.5. The van der Waals surface area contributed by atoms with E-state index < -0.39 is 23.5 Å².